The fourth-order valence-corrected chi connectivity index (χ4v) is 5.25. The molecule has 2 saturated carbocycles. The Morgan fingerprint density at radius 1 is 0.815 bits per heavy atom. The summed E-state index contributed by atoms with van der Waals surface area (Å²) in [6.07, 6.45) is 22.3. The molecule has 2 rings (SSSR count). The normalized spacial score (nSPS) is 31.5. The first-order chi connectivity index (χ1) is 13.2. The summed E-state index contributed by atoms with van der Waals surface area (Å²) >= 11 is 0. The Kier molecular flexibility index (Phi) is 10.8. The standard InChI is InChI=1S/C25H45NO/c1-3-5-7-9-17-25(21-26)18-15-23(16-19-25)20-27-24-13-11-22(12-14-24)10-8-6-4-2/h22-24H,3-20H2,1-2H3/t22-,23-,24-,25-. The Morgan fingerprint density at radius 2 is 1.48 bits per heavy atom. The van der Waals surface area contributed by atoms with E-state index in [1.807, 2.05) is 0 Å². The second-order valence-electron chi connectivity index (χ2n) is 9.62. The van der Waals surface area contributed by atoms with E-state index in [0.717, 1.165) is 31.8 Å². The van der Waals surface area contributed by atoms with Gasteiger partial charge in [0.25, 0.3) is 0 Å². The largest absolute Gasteiger partial charge is 0.378 e. The third-order valence-corrected chi connectivity index (χ3v) is 7.39. The highest BCUT2D eigenvalue weighted by Crippen LogP contribution is 2.42. The number of unbranched alkanes of at least 4 members (excludes halogenated alkanes) is 5. The summed E-state index contributed by atoms with van der Waals surface area (Å²) in [6, 6.07) is 2.71. The van der Waals surface area contributed by atoms with Crippen LogP contribution in [0.25, 0.3) is 0 Å². The van der Waals surface area contributed by atoms with Crippen molar-refractivity contribution in [1.82, 2.24) is 0 Å². The second kappa shape index (κ2) is 12.8. The van der Waals surface area contributed by atoms with Crippen molar-refractivity contribution in [3.8, 4) is 6.07 Å². The molecule has 0 spiro atoms. The Hall–Kier alpha value is -0.550. The van der Waals surface area contributed by atoms with Gasteiger partial charge in [-0.1, -0.05) is 65.2 Å². The first kappa shape index (κ1) is 22.7. The van der Waals surface area contributed by atoms with Crippen LogP contribution < -0.4 is 0 Å². The van der Waals surface area contributed by atoms with E-state index < -0.39 is 0 Å². The van der Waals surface area contributed by atoms with Crippen LogP contribution >= 0.6 is 0 Å². The van der Waals surface area contributed by atoms with Gasteiger partial charge in [0.15, 0.2) is 0 Å². The van der Waals surface area contributed by atoms with Gasteiger partial charge in [0, 0.05) is 6.61 Å². The van der Waals surface area contributed by atoms with E-state index in [4.69, 9.17) is 4.74 Å². The minimum absolute atomic E-state index is 0.0131. The number of nitriles is 1. The molecule has 0 unspecified atom stereocenters. The summed E-state index contributed by atoms with van der Waals surface area (Å²) in [6.45, 7) is 5.50. The van der Waals surface area contributed by atoms with Crippen LogP contribution in [0.15, 0.2) is 0 Å². The zero-order chi connectivity index (χ0) is 19.4. The molecule has 0 heterocycles. The van der Waals surface area contributed by atoms with Crippen LogP contribution in [0.4, 0.5) is 0 Å². The number of hydrogen-bond acceptors (Lipinski definition) is 2. The average Bonchev–Trinajstić information content (AvgIpc) is 2.72. The molecule has 0 aromatic carbocycles. The minimum atomic E-state index is -0.0131. The monoisotopic (exact) mass is 375 g/mol. The third-order valence-electron chi connectivity index (χ3n) is 7.39. The lowest BCUT2D eigenvalue weighted by Gasteiger charge is -2.36. The molecule has 0 aliphatic heterocycles. The quantitative estimate of drug-likeness (QED) is 0.326. The van der Waals surface area contributed by atoms with E-state index in [0.29, 0.717) is 12.0 Å². The van der Waals surface area contributed by atoms with Crippen molar-refractivity contribution in [3.05, 3.63) is 0 Å². The first-order valence-corrected chi connectivity index (χ1v) is 12.2. The molecule has 0 aromatic rings. The summed E-state index contributed by atoms with van der Waals surface area (Å²) in [5, 5.41) is 9.74. The molecule has 2 heteroatoms. The Bertz CT molecular complexity index is 411. The topological polar surface area (TPSA) is 33.0 Å². The Balaban J connectivity index is 1.59. The van der Waals surface area contributed by atoms with Crippen LogP contribution in [0.2, 0.25) is 0 Å². The van der Waals surface area contributed by atoms with Gasteiger partial charge < -0.3 is 4.74 Å². The highest BCUT2D eigenvalue weighted by atomic mass is 16.5. The maximum Gasteiger partial charge on any atom is 0.0689 e. The fourth-order valence-electron chi connectivity index (χ4n) is 5.25. The van der Waals surface area contributed by atoms with E-state index in [2.05, 4.69) is 19.9 Å². The number of hydrogen-bond donors (Lipinski definition) is 0. The highest BCUT2D eigenvalue weighted by Gasteiger charge is 2.35. The van der Waals surface area contributed by atoms with Gasteiger partial charge in [0.1, 0.15) is 0 Å². The van der Waals surface area contributed by atoms with E-state index in [9.17, 15) is 5.26 Å². The van der Waals surface area contributed by atoms with E-state index in [1.165, 1.54) is 89.9 Å². The fraction of sp³-hybridized carbons (Fsp3) is 0.960. The van der Waals surface area contributed by atoms with Crippen molar-refractivity contribution in [2.45, 2.75) is 129 Å². The number of nitrogens with zero attached hydrogens (tertiary/aromatic N) is 1. The van der Waals surface area contributed by atoms with Gasteiger partial charge in [-0.3, -0.25) is 0 Å². The molecule has 0 radical (unpaired) electrons. The van der Waals surface area contributed by atoms with E-state index in [-0.39, 0.29) is 5.41 Å². The molecule has 2 fully saturated rings. The van der Waals surface area contributed by atoms with Gasteiger partial charge in [-0.25, -0.2) is 0 Å². The summed E-state index contributed by atoms with van der Waals surface area (Å²) in [5.74, 6) is 1.67. The SMILES string of the molecule is CCCCCC[C@]1(C#N)CC[C@H](CO[C@H]2CC[C@H](CCCCC)CC2)CC1. The molecule has 2 aliphatic rings. The predicted octanol–water partition coefficient (Wildman–Crippen LogP) is 7.81. The lowest BCUT2D eigenvalue weighted by Crippen LogP contribution is -2.30. The molecule has 0 N–H and O–H groups in total. The van der Waals surface area contributed by atoms with Gasteiger partial charge in [0.05, 0.1) is 17.6 Å². The molecular formula is C25H45NO. The van der Waals surface area contributed by atoms with Crippen molar-refractivity contribution in [2.24, 2.45) is 17.3 Å². The smallest absolute Gasteiger partial charge is 0.0689 e. The molecule has 27 heavy (non-hydrogen) atoms. The van der Waals surface area contributed by atoms with Crippen molar-refractivity contribution >= 4 is 0 Å². The van der Waals surface area contributed by atoms with Crippen LogP contribution in [0, 0.1) is 28.6 Å². The molecule has 2 aliphatic carbocycles. The van der Waals surface area contributed by atoms with Crippen molar-refractivity contribution in [3.63, 3.8) is 0 Å². The zero-order valence-corrected chi connectivity index (χ0v) is 18.3. The zero-order valence-electron chi connectivity index (χ0n) is 18.3. The van der Waals surface area contributed by atoms with Crippen LogP contribution in [0.3, 0.4) is 0 Å². The van der Waals surface area contributed by atoms with Crippen LogP contribution in [-0.2, 0) is 4.74 Å². The molecule has 0 atom stereocenters. The summed E-state index contributed by atoms with van der Waals surface area (Å²) < 4.78 is 6.33. The van der Waals surface area contributed by atoms with Gasteiger partial charge in [-0.15, -0.1) is 0 Å². The van der Waals surface area contributed by atoms with E-state index in [1.54, 1.807) is 0 Å². The van der Waals surface area contributed by atoms with Gasteiger partial charge in [-0.05, 0) is 69.6 Å². The van der Waals surface area contributed by atoms with Crippen molar-refractivity contribution < 1.29 is 4.74 Å². The maximum absolute atomic E-state index is 9.74. The van der Waals surface area contributed by atoms with Crippen molar-refractivity contribution in [2.75, 3.05) is 6.61 Å². The predicted molar refractivity (Wildman–Crippen MR) is 115 cm³/mol. The van der Waals surface area contributed by atoms with E-state index >= 15 is 0 Å². The minimum Gasteiger partial charge on any atom is -0.378 e. The molecule has 156 valence electrons. The molecule has 0 aromatic heterocycles. The van der Waals surface area contributed by atoms with Crippen LogP contribution in [-0.4, -0.2) is 12.7 Å². The molecule has 0 bridgehead atoms. The molecular weight excluding hydrogens is 330 g/mol. The third kappa shape index (κ3) is 8.15. The molecule has 0 saturated heterocycles. The Morgan fingerprint density at radius 3 is 2.11 bits per heavy atom. The summed E-state index contributed by atoms with van der Waals surface area (Å²) in [7, 11) is 0. The van der Waals surface area contributed by atoms with Gasteiger partial charge in [0.2, 0.25) is 0 Å². The highest BCUT2D eigenvalue weighted by molar-refractivity contribution is 5.01. The lowest BCUT2D eigenvalue weighted by molar-refractivity contribution is -0.0135. The summed E-state index contributed by atoms with van der Waals surface area (Å²) in [5.41, 5.74) is -0.0131. The number of rotatable bonds is 12. The second-order valence-corrected chi connectivity index (χ2v) is 9.62. The summed E-state index contributed by atoms with van der Waals surface area (Å²) in [4.78, 5) is 0. The molecule has 0 amide bonds. The van der Waals surface area contributed by atoms with Crippen LogP contribution in [0.1, 0.15) is 123 Å². The first-order valence-electron chi connectivity index (χ1n) is 12.2. The van der Waals surface area contributed by atoms with Crippen LogP contribution in [0.5, 0.6) is 0 Å². The van der Waals surface area contributed by atoms with Crippen molar-refractivity contribution in [1.29, 1.82) is 5.26 Å². The van der Waals surface area contributed by atoms with Gasteiger partial charge >= 0.3 is 0 Å². The van der Waals surface area contributed by atoms with Gasteiger partial charge in [-0.2, -0.15) is 5.26 Å². The maximum atomic E-state index is 9.74. The lowest BCUT2D eigenvalue weighted by atomic mass is 9.69. The number of ether oxygens (including phenoxy) is 1. The molecule has 2 nitrogen and oxygen atoms in total. The Labute approximate surface area is 169 Å². The average molecular weight is 376 g/mol.